The molecule has 2 saturated heterocycles. The average molecular weight is 348 g/mol. The molecular formula is C14H12N4O3S2. The van der Waals surface area contributed by atoms with Crippen molar-refractivity contribution in [3.05, 3.63) is 23.9 Å². The maximum absolute atomic E-state index is 12.1. The Labute approximate surface area is 142 Å². The minimum absolute atomic E-state index is 0.0143. The highest BCUT2D eigenvalue weighted by Crippen LogP contribution is 2.21. The fourth-order valence-corrected chi connectivity index (χ4v) is 3.27. The fraction of sp³-hybridized carbons (Fsp3) is 0.357. The summed E-state index contributed by atoms with van der Waals surface area (Å²) < 4.78 is 6.07. The van der Waals surface area contributed by atoms with E-state index < -0.39 is 0 Å². The first kappa shape index (κ1) is 15.7. The summed E-state index contributed by atoms with van der Waals surface area (Å²) in [5.74, 6) is 0.396. The summed E-state index contributed by atoms with van der Waals surface area (Å²) in [7, 11) is 0. The molecule has 2 amide bonds. The molecule has 0 spiro atoms. The van der Waals surface area contributed by atoms with E-state index in [0.717, 1.165) is 0 Å². The van der Waals surface area contributed by atoms with Crippen LogP contribution in [0.5, 0.6) is 5.88 Å². The van der Waals surface area contributed by atoms with Gasteiger partial charge in [0.05, 0.1) is 30.5 Å². The minimum Gasteiger partial charge on any atom is -0.471 e. The van der Waals surface area contributed by atoms with Crippen LogP contribution in [0.25, 0.3) is 0 Å². The van der Waals surface area contributed by atoms with E-state index in [1.54, 1.807) is 17.0 Å². The van der Waals surface area contributed by atoms with Crippen molar-refractivity contribution >= 4 is 40.1 Å². The van der Waals surface area contributed by atoms with E-state index in [2.05, 4.69) is 4.98 Å². The largest absolute Gasteiger partial charge is 0.471 e. The lowest BCUT2D eigenvalue weighted by Crippen LogP contribution is -2.58. The normalized spacial score (nSPS) is 17.9. The first-order valence-corrected chi connectivity index (χ1v) is 8.24. The number of thiocarbonyl (C=S) groups is 1. The van der Waals surface area contributed by atoms with E-state index in [0.29, 0.717) is 34.6 Å². The van der Waals surface area contributed by atoms with Gasteiger partial charge in [-0.25, -0.2) is 4.98 Å². The van der Waals surface area contributed by atoms with Gasteiger partial charge in [0.1, 0.15) is 17.0 Å². The molecule has 0 aliphatic carbocycles. The molecular weight excluding hydrogens is 336 g/mol. The lowest BCUT2D eigenvalue weighted by Gasteiger charge is -2.39. The van der Waals surface area contributed by atoms with Crippen molar-refractivity contribution in [2.75, 3.05) is 25.4 Å². The molecule has 9 heteroatoms. The summed E-state index contributed by atoms with van der Waals surface area (Å²) in [6, 6.07) is 5.17. The molecule has 0 radical (unpaired) electrons. The van der Waals surface area contributed by atoms with E-state index in [4.69, 9.17) is 22.2 Å². The van der Waals surface area contributed by atoms with E-state index in [1.165, 1.54) is 22.9 Å². The van der Waals surface area contributed by atoms with Crippen LogP contribution in [0.2, 0.25) is 0 Å². The highest BCUT2D eigenvalue weighted by molar-refractivity contribution is 8.23. The summed E-state index contributed by atoms with van der Waals surface area (Å²) >= 11 is 6.32. The maximum atomic E-state index is 12.1. The van der Waals surface area contributed by atoms with E-state index in [1.807, 2.05) is 6.07 Å². The van der Waals surface area contributed by atoms with Crippen LogP contribution in [-0.2, 0) is 9.59 Å². The minimum atomic E-state index is -0.156. The Morgan fingerprint density at radius 3 is 3.00 bits per heavy atom. The van der Waals surface area contributed by atoms with E-state index in [9.17, 15) is 9.59 Å². The van der Waals surface area contributed by atoms with Crippen molar-refractivity contribution in [3.8, 4) is 11.9 Å². The van der Waals surface area contributed by atoms with Crippen molar-refractivity contribution in [3.63, 3.8) is 0 Å². The Morgan fingerprint density at radius 2 is 2.35 bits per heavy atom. The van der Waals surface area contributed by atoms with E-state index in [-0.39, 0.29) is 24.5 Å². The molecule has 1 aromatic rings. The Bertz CT molecular complexity index is 696. The van der Waals surface area contributed by atoms with Gasteiger partial charge in [-0.1, -0.05) is 24.0 Å². The smallest absolute Gasteiger partial charge is 0.242 e. The zero-order chi connectivity index (χ0) is 16.4. The number of likely N-dealkylation sites (tertiary alicyclic amines) is 1. The Kier molecular flexibility index (Phi) is 4.45. The van der Waals surface area contributed by atoms with Gasteiger partial charge in [-0.3, -0.25) is 14.5 Å². The Balaban J connectivity index is 1.49. The summed E-state index contributed by atoms with van der Waals surface area (Å²) in [5.41, 5.74) is 0.473. The van der Waals surface area contributed by atoms with Crippen molar-refractivity contribution in [2.24, 2.45) is 0 Å². The van der Waals surface area contributed by atoms with Gasteiger partial charge in [0.15, 0.2) is 0 Å². The third kappa shape index (κ3) is 3.43. The number of nitrogens with zero attached hydrogens (tertiary/aromatic N) is 4. The predicted octanol–water partition coefficient (Wildman–Crippen LogP) is 0.403. The summed E-state index contributed by atoms with van der Waals surface area (Å²) in [4.78, 5) is 30.7. The fourth-order valence-electron chi connectivity index (χ4n) is 2.20. The number of thioether (sulfide) groups is 1. The van der Waals surface area contributed by atoms with Gasteiger partial charge in [-0.05, 0) is 6.07 Å². The summed E-state index contributed by atoms with van der Waals surface area (Å²) in [6.45, 7) is 0.845. The molecule has 0 saturated carbocycles. The molecule has 2 fully saturated rings. The number of rotatable bonds is 4. The second-order valence-electron chi connectivity index (χ2n) is 5.07. The van der Waals surface area contributed by atoms with E-state index >= 15 is 0 Å². The van der Waals surface area contributed by atoms with Gasteiger partial charge >= 0.3 is 0 Å². The van der Waals surface area contributed by atoms with Crippen molar-refractivity contribution in [2.45, 2.75) is 6.10 Å². The van der Waals surface area contributed by atoms with Gasteiger partial charge in [0, 0.05) is 12.3 Å². The van der Waals surface area contributed by atoms with Gasteiger partial charge in [0.2, 0.25) is 17.7 Å². The molecule has 0 bridgehead atoms. The topological polar surface area (TPSA) is 86.5 Å². The lowest BCUT2D eigenvalue weighted by molar-refractivity contribution is -0.143. The van der Waals surface area contributed by atoms with Crippen LogP contribution in [0, 0.1) is 11.3 Å². The van der Waals surface area contributed by atoms with Gasteiger partial charge in [-0.2, -0.15) is 5.26 Å². The van der Waals surface area contributed by atoms with Crippen LogP contribution in [0.4, 0.5) is 0 Å². The first-order valence-electron chi connectivity index (χ1n) is 6.84. The highest BCUT2D eigenvalue weighted by atomic mass is 32.2. The standard InChI is InChI=1S/C14H12N4O3S2/c15-4-9-1-2-16-11(3-9)21-10-5-17(6-10)12(19)7-18-13(20)8-23-14(18)22/h1-3,10H,5-8H2. The van der Waals surface area contributed by atoms with Crippen molar-refractivity contribution in [1.29, 1.82) is 5.26 Å². The molecule has 0 atom stereocenters. The SMILES string of the molecule is N#Cc1ccnc(OC2CN(C(=O)CN3C(=O)CSC3=S)C2)c1. The molecule has 3 rings (SSSR count). The molecule has 118 valence electrons. The van der Waals surface area contributed by atoms with Crippen LogP contribution >= 0.6 is 24.0 Å². The van der Waals surface area contributed by atoms with Crippen LogP contribution in [0.1, 0.15) is 5.56 Å². The number of pyridine rings is 1. The number of carbonyl (C=O) groups excluding carboxylic acids is 2. The van der Waals surface area contributed by atoms with Gasteiger partial charge in [0.25, 0.3) is 0 Å². The number of nitriles is 1. The third-order valence-electron chi connectivity index (χ3n) is 3.49. The van der Waals surface area contributed by atoms with Crippen LogP contribution in [-0.4, -0.2) is 62.4 Å². The Morgan fingerprint density at radius 1 is 1.57 bits per heavy atom. The molecule has 3 heterocycles. The summed E-state index contributed by atoms with van der Waals surface area (Å²) in [5, 5.41) is 8.83. The zero-order valence-corrected chi connectivity index (χ0v) is 13.6. The monoisotopic (exact) mass is 348 g/mol. The average Bonchev–Trinajstić information content (AvgIpc) is 2.82. The van der Waals surface area contributed by atoms with Crippen molar-refractivity contribution < 1.29 is 14.3 Å². The van der Waals surface area contributed by atoms with Gasteiger partial charge < -0.3 is 9.64 Å². The zero-order valence-electron chi connectivity index (χ0n) is 12.0. The van der Waals surface area contributed by atoms with Gasteiger partial charge in [-0.15, -0.1) is 0 Å². The first-order chi connectivity index (χ1) is 11.1. The van der Waals surface area contributed by atoms with Crippen LogP contribution in [0.3, 0.4) is 0 Å². The molecule has 23 heavy (non-hydrogen) atoms. The number of hydrogen-bond donors (Lipinski definition) is 0. The molecule has 7 nitrogen and oxygen atoms in total. The second kappa shape index (κ2) is 6.52. The number of hydrogen-bond acceptors (Lipinski definition) is 7. The molecule has 0 N–H and O–H groups in total. The molecule has 2 aliphatic heterocycles. The molecule has 0 aromatic carbocycles. The molecule has 2 aliphatic rings. The number of amides is 2. The highest BCUT2D eigenvalue weighted by Gasteiger charge is 2.36. The quantitative estimate of drug-likeness (QED) is 0.728. The molecule has 1 aromatic heterocycles. The Hall–Kier alpha value is -2.18. The summed E-state index contributed by atoms with van der Waals surface area (Å²) in [6.07, 6.45) is 1.35. The lowest BCUT2D eigenvalue weighted by atomic mass is 10.1. The second-order valence-corrected chi connectivity index (χ2v) is 6.68. The molecule has 0 unspecified atom stereocenters. The number of aromatic nitrogens is 1. The maximum Gasteiger partial charge on any atom is 0.242 e. The van der Waals surface area contributed by atoms with Crippen LogP contribution < -0.4 is 4.74 Å². The van der Waals surface area contributed by atoms with Crippen molar-refractivity contribution in [1.82, 2.24) is 14.8 Å². The number of carbonyl (C=O) groups is 2. The predicted molar refractivity (Wildman–Crippen MR) is 86.7 cm³/mol. The third-order valence-corrected chi connectivity index (χ3v) is 4.92. The van der Waals surface area contributed by atoms with Crippen LogP contribution in [0.15, 0.2) is 18.3 Å². The number of ether oxygens (including phenoxy) is 1.